The smallest absolute Gasteiger partial charge is 0.0473 e. The second-order valence-corrected chi connectivity index (χ2v) is 6.03. The van der Waals surface area contributed by atoms with Crippen LogP contribution in [0.4, 0.5) is 0 Å². The predicted octanol–water partition coefficient (Wildman–Crippen LogP) is 2.27. The molecule has 3 heteroatoms. The van der Waals surface area contributed by atoms with Crippen molar-refractivity contribution in [3.05, 3.63) is 35.4 Å². The minimum atomic E-state index is 0.384. The lowest BCUT2D eigenvalue weighted by molar-refractivity contribution is 0.110. The molecule has 112 valence electrons. The van der Waals surface area contributed by atoms with E-state index in [0.717, 1.165) is 25.6 Å². The summed E-state index contributed by atoms with van der Waals surface area (Å²) in [5.41, 5.74) is 8.98. The average molecular weight is 275 g/mol. The number of likely N-dealkylation sites (tertiary alicyclic amines) is 1. The number of piperidine rings is 1. The van der Waals surface area contributed by atoms with Crippen LogP contribution in [0.25, 0.3) is 0 Å². The van der Waals surface area contributed by atoms with Crippen molar-refractivity contribution in [2.75, 3.05) is 33.7 Å². The van der Waals surface area contributed by atoms with Gasteiger partial charge >= 0.3 is 0 Å². The van der Waals surface area contributed by atoms with E-state index in [4.69, 9.17) is 5.73 Å². The first kappa shape index (κ1) is 15.5. The van der Waals surface area contributed by atoms with Crippen LogP contribution < -0.4 is 5.73 Å². The molecule has 1 aliphatic heterocycles. The van der Waals surface area contributed by atoms with Crippen molar-refractivity contribution in [2.24, 2.45) is 5.73 Å². The minimum Gasteiger partial charge on any atom is -0.329 e. The summed E-state index contributed by atoms with van der Waals surface area (Å²) in [6.45, 7) is 5.25. The summed E-state index contributed by atoms with van der Waals surface area (Å²) in [5, 5.41) is 0. The summed E-state index contributed by atoms with van der Waals surface area (Å²) >= 11 is 0. The fourth-order valence-corrected chi connectivity index (χ4v) is 3.37. The number of hydrogen-bond donors (Lipinski definition) is 1. The SMILES string of the molecule is CCc1ccccc1C(CN)N1CCC(N(C)C)CC1. The van der Waals surface area contributed by atoms with Crippen molar-refractivity contribution in [1.82, 2.24) is 9.80 Å². The molecule has 1 aliphatic rings. The van der Waals surface area contributed by atoms with Gasteiger partial charge < -0.3 is 10.6 Å². The molecule has 0 aromatic heterocycles. The lowest BCUT2D eigenvalue weighted by atomic mass is 9.94. The highest BCUT2D eigenvalue weighted by atomic mass is 15.2. The summed E-state index contributed by atoms with van der Waals surface area (Å²) < 4.78 is 0. The first-order valence-electron chi connectivity index (χ1n) is 7.85. The molecule has 2 rings (SSSR count). The van der Waals surface area contributed by atoms with Crippen LogP contribution in [0, 0.1) is 0 Å². The maximum absolute atomic E-state index is 6.10. The molecule has 1 saturated heterocycles. The lowest BCUT2D eigenvalue weighted by Crippen LogP contribution is -2.45. The Morgan fingerprint density at radius 3 is 2.45 bits per heavy atom. The summed E-state index contributed by atoms with van der Waals surface area (Å²) in [4.78, 5) is 4.93. The lowest BCUT2D eigenvalue weighted by Gasteiger charge is -2.39. The summed E-state index contributed by atoms with van der Waals surface area (Å²) in [6, 6.07) is 9.89. The highest BCUT2D eigenvalue weighted by Crippen LogP contribution is 2.27. The maximum Gasteiger partial charge on any atom is 0.0473 e. The Bertz CT molecular complexity index is 408. The van der Waals surface area contributed by atoms with E-state index in [1.54, 1.807) is 0 Å². The highest BCUT2D eigenvalue weighted by Gasteiger charge is 2.26. The van der Waals surface area contributed by atoms with Gasteiger partial charge in [0, 0.05) is 31.7 Å². The second kappa shape index (κ2) is 7.21. The molecule has 0 bridgehead atoms. The van der Waals surface area contributed by atoms with Crippen LogP contribution in [0.2, 0.25) is 0 Å². The molecule has 1 fully saturated rings. The summed E-state index contributed by atoms with van der Waals surface area (Å²) in [7, 11) is 4.38. The van der Waals surface area contributed by atoms with Gasteiger partial charge in [-0.2, -0.15) is 0 Å². The number of hydrogen-bond acceptors (Lipinski definition) is 3. The summed E-state index contributed by atoms with van der Waals surface area (Å²) in [5.74, 6) is 0. The molecule has 2 N–H and O–H groups in total. The Kier molecular flexibility index (Phi) is 5.58. The van der Waals surface area contributed by atoms with Gasteiger partial charge in [0.05, 0.1) is 0 Å². The fraction of sp³-hybridized carbons (Fsp3) is 0.647. The molecule has 1 heterocycles. The molecule has 0 spiro atoms. The second-order valence-electron chi connectivity index (χ2n) is 6.03. The molecule has 0 amide bonds. The van der Waals surface area contributed by atoms with Gasteiger partial charge in [-0.3, -0.25) is 4.90 Å². The molecular formula is C17H29N3. The average Bonchev–Trinajstić information content (AvgIpc) is 2.49. The van der Waals surface area contributed by atoms with E-state index in [9.17, 15) is 0 Å². The number of benzene rings is 1. The van der Waals surface area contributed by atoms with Gasteiger partial charge in [0.25, 0.3) is 0 Å². The fourth-order valence-electron chi connectivity index (χ4n) is 3.37. The molecule has 1 atom stereocenters. The largest absolute Gasteiger partial charge is 0.329 e. The highest BCUT2D eigenvalue weighted by molar-refractivity contribution is 5.30. The van der Waals surface area contributed by atoms with Crippen molar-refractivity contribution < 1.29 is 0 Å². The van der Waals surface area contributed by atoms with Crippen LogP contribution in [-0.4, -0.2) is 49.6 Å². The van der Waals surface area contributed by atoms with Crippen LogP contribution in [0.15, 0.2) is 24.3 Å². The van der Waals surface area contributed by atoms with Crippen LogP contribution in [0.5, 0.6) is 0 Å². The zero-order valence-electron chi connectivity index (χ0n) is 13.2. The van der Waals surface area contributed by atoms with E-state index < -0.39 is 0 Å². The zero-order chi connectivity index (χ0) is 14.5. The Morgan fingerprint density at radius 2 is 1.90 bits per heavy atom. The molecule has 1 aromatic carbocycles. The van der Waals surface area contributed by atoms with Crippen molar-refractivity contribution in [3.8, 4) is 0 Å². The topological polar surface area (TPSA) is 32.5 Å². The van der Waals surface area contributed by atoms with Crippen molar-refractivity contribution in [2.45, 2.75) is 38.3 Å². The number of nitrogens with zero attached hydrogens (tertiary/aromatic N) is 2. The van der Waals surface area contributed by atoms with Crippen LogP contribution in [0.1, 0.15) is 36.9 Å². The first-order chi connectivity index (χ1) is 9.67. The van der Waals surface area contributed by atoms with E-state index in [0.29, 0.717) is 12.6 Å². The van der Waals surface area contributed by atoms with Crippen molar-refractivity contribution >= 4 is 0 Å². The predicted molar refractivity (Wildman–Crippen MR) is 85.9 cm³/mol. The Labute approximate surface area is 123 Å². The third-order valence-electron chi connectivity index (χ3n) is 4.69. The monoisotopic (exact) mass is 275 g/mol. The van der Waals surface area contributed by atoms with E-state index in [1.165, 1.54) is 24.0 Å². The van der Waals surface area contributed by atoms with Gasteiger partial charge in [-0.1, -0.05) is 31.2 Å². The summed E-state index contributed by atoms with van der Waals surface area (Å²) in [6.07, 6.45) is 3.58. The standard InChI is InChI=1S/C17H29N3/c1-4-14-7-5-6-8-16(14)17(13-18)20-11-9-15(10-12-20)19(2)3/h5-8,15,17H,4,9-13,18H2,1-3H3. The van der Waals surface area contributed by atoms with E-state index in [1.807, 2.05) is 0 Å². The number of nitrogens with two attached hydrogens (primary N) is 1. The normalized spacial score (nSPS) is 19.4. The molecular weight excluding hydrogens is 246 g/mol. The van der Waals surface area contributed by atoms with Gasteiger partial charge in [-0.05, 0) is 44.5 Å². The Balaban J connectivity index is 2.09. The van der Waals surface area contributed by atoms with Gasteiger partial charge in [0.2, 0.25) is 0 Å². The van der Waals surface area contributed by atoms with Crippen molar-refractivity contribution in [1.29, 1.82) is 0 Å². The number of rotatable bonds is 5. The molecule has 0 saturated carbocycles. The van der Waals surface area contributed by atoms with Crippen LogP contribution >= 0.6 is 0 Å². The zero-order valence-corrected chi connectivity index (χ0v) is 13.2. The molecule has 20 heavy (non-hydrogen) atoms. The quantitative estimate of drug-likeness (QED) is 0.895. The third-order valence-corrected chi connectivity index (χ3v) is 4.69. The van der Waals surface area contributed by atoms with Gasteiger partial charge in [-0.15, -0.1) is 0 Å². The van der Waals surface area contributed by atoms with Gasteiger partial charge in [0.15, 0.2) is 0 Å². The first-order valence-corrected chi connectivity index (χ1v) is 7.85. The van der Waals surface area contributed by atoms with E-state index in [-0.39, 0.29) is 0 Å². The molecule has 0 radical (unpaired) electrons. The number of aryl methyl sites for hydroxylation is 1. The maximum atomic E-state index is 6.10. The Hall–Kier alpha value is -0.900. The molecule has 1 unspecified atom stereocenters. The van der Waals surface area contributed by atoms with Gasteiger partial charge in [0.1, 0.15) is 0 Å². The van der Waals surface area contributed by atoms with Crippen molar-refractivity contribution in [3.63, 3.8) is 0 Å². The van der Waals surface area contributed by atoms with Crippen LogP contribution in [0.3, 0.4) is 0 Å². The van der Waals surface area contributed by atoms with Gasteiger partial charge in [-0.25, -0.2) is 0 Å². The molecule has 0 aliphatic carbocycles. The Morgan fingerprint density at radius 1 is 1.25 bits per heavy atom. The molecule has 3 nitrogen and oxygen atoms in total. The van der Waals surface area contributed by atoms with E-state index >= 15 is 0 Å². The third kappa shape index (κ3) is 3.40. The van der Waals surface area contributed by atoms with Crippen LogP contribution in [-0.2, 0) is 6.42 Å². The molecule has 1 aromatic rings. The van der Waals surface area contributed by atoms with E-state index in [2.05, 4.69) is 55.1 Å². The minimum absolute atomic E-state index is 0.384.